The summed E-state index contributed by atoms with van der Waals surface area (Å²) in [6.45, 7) is 0. The molecule has 0 unspecified atom stereocenters. The van der Waals surface area contributed by atoms with Crippen molar-refractivity contribution in [3.63, 3.8) is 0 Å². The lowest BCUT2D eigenvalue weighted by molar-refractivity contribution is 0.475. The highest BCUT2D eigenvalue weighted by Crippen LogP contribution is 2.20. The zero-order valence-corrected chi connectivity index (χ0v) is 9.82. The van der Waals surface area contributed by atoms with E-state index in [0.717, 1.165) is 0 Å². The number of aromatic hydroxyl groups is 2. The molecule has 5 nitrogen and oxygen atoms in total. The van der Waals surface area contributed by atoms with Crippen molar-refractivity contribution in [1.82, 2.24) is 9.38 Å². The van der Waals surface area contributed by atoms with Crippen LogP contribution in [0.2, 0.25) is 0 Å². The number of hydrogen-bond acceptors (Lipinski definition) is 4. The first-order valence-corrected chi connectivity index (χ1v) is 5.65. The van der Waals surface area contributed by atoms with E-state index in [-0.39, 0.29) is 22.7 Å². The zero-order valence-electron chi connectivity index (χ0n) is 9.82. The topological polar surface area (TPSA) is 74.8 Å². The molecule has 0 amide bonds. The third-order valence-corrected chi connectivity index (χ3v) is 2.89. The van der Waals surface area contributed by atoms with Gasteiger partial charge in [0.2, 0.25) is 0 Å². The van der Waals surface area contributed by atoms with Crippen LogP contribution in [0.4, 0.5) is 0 Å². The smallest absolute Gasteiger partial charge is 0.265 e. The molecule has 0 aliphatic rings. The Morgan fingerprint density at radius 3 is 2.53 bits per heavy atom. The van der Waals surface area contributed by atoms with Crippen molar-refractivity contribution in [3.8, 4) is 22.6 Å². The van der Waals surface area contributed by atoms with Gasteiger partial charge in [-0.3, -0.25) is 9.20 Å². The zero-order chi connectivity index (χ0) is 13.4. The number of fused-ring (bicyclic) bond motifs is 1. The molecular formula is C14H10N2O3. The van der Waals surface area contributed by atoms with Gasteiger partial charge in [0.25, 0.3) is 5.56 Å². The quantitative estimate of drug-likeness (QED) is 0.694. The van der Waals surface area contributed by atoms with Gasteiger partial charge < -0.3 is 10.2 Å². The first-order chi connectivity index (χ1) is 9.16. The number of phenols is 1. The van der Waals surface area contributed by atoms with Gasteiger partial charge in [-0.05, 0) is 29.8 Å². The van der Waals surface area contributed by atoms with Crippen LogP contribution in [-0.2, 0) is 0 Å². The number of aromatic nitrogens is 2. The molecule has 3 rings (SSSR count). The Labute approximate surface area is 108 Å². The first kappa shape index (κ1) is 11.3. The van der Waals surface area contributed by atoms with Crippen molar-refractivity contribution in [2.24, 2.45) is 0 Å². The second kappa shape index (κ2) is 4.13. The molecule has 2 aromatic heterocycles. The largest absolute Gasteiger partial charge is 0.508 e. The van der Waals surface area contributed by atoms with Crippen molar-refractivity contribution in [3.05, 3.63) is 59.1 Å². The van der Waals surface area contributed by atoms with Crippen molar-refractivity contribution in [2.45, 2.75) is 0 Å². The van der Waals surface area contributed by atoms with Crippen molar-refractivity contribution in [2.75, 3.05) is 0 Å². The third-order valence-electron chi connectivity index (χ3n) is 2.89. The minimum atomic E-state index is -0.272. The van der Waals surface area contributed by atoms with Crippen molar-refractivity contribution in [1.29, 1.82) is 0 Å². The molecule has 0 spiro atoms. The summed E-state index contributed by atoms with van der Waals surface area (Å²) in [4.78, 5) is 16.4. The molecule has 2 heterocycles. The molecule has 3 aromatic rings. The van der Waals surface area contributed by atoms with Crippen LogP contribution in [0.3, 0.4) is 0 Å². The minimum absolute atomic E-state index is 0.0446. The summed E-state index contributed by atoms with van der Waals surface area (Å²) in [5.74, 6) is 0.0899. The fourth-order valence-corrected chi connectivity index (χ4v) is 1.93. The molecule has 5 heteroatoms. The summed E-state index contributed by atoms with van der Waals surface area (Å²) in [5, 5.41) is 18.9. The molecule has 94 valence electrons. The van der Waals surface area contributed by atoms with Crippen LogP contribution in [0.25, 0.3) is 16.8 Å². The fourth-order valence-electron chi connectivity index (χ4n) is 1.93. The Morgan fingerprint density at radius 1 is 1.05 bits per heavy atom. The highest BCUT2D eigenvalue weighted by atomic mass is 16.3. The van der Waals surface area contributed by atoms with Crippen LogP contribution >= 0.6 is 0 Å². The maximum absolute atomic E-state index is 12.3. The van der Waals surface area contributed by atoms with Gasteiger partial charge in [0, 0.05) is 12.4 Å². The van der Waals surface area contributed by atoms with Crippen LogP contribution in [0, 0.1) is 0 Å². The van der Waals surface area contributed by atoms with Gasteiger partial charge >= 0.3 is 0 Å². The van der Waals surface area contributed by atoms with E-state index in [1.807, 2.05) is 0 Å². The van der Waals surface area contributed by atoms with E-state index < -0.39 is 0 Å². The van der Waals surface area contributed by atoms with E-state index >= 15 is 0 Å². The second-order valence-electron chi connectivity index (χ2n) is 4.11. The standard InChI is InChI=1S/C14H10N2O3/c17-10-5-3-9(4-6-10)11-8-15-13-12(18)2-1-7-16(13)14(11)19/h1-8,17-18H. The number of rotatable bonds is 1. The molecule has 0 aliphatic heterocycles. The number of hydrogen-bond donors (Lipinski definition) is 2. The van der Waals surface area contributed by atoms with Gasteiger partial charge in [0.1, 0.15) is 5.75 Å². The van der Waals surface area contributed by atoms with Crippen LogP contribution < -0.4 is 5.56 Å². The highest BCUT2D eigenvalue weighted by molar-refractivity contribution is 5.65. The maximum atomic E-state index is 12.3. The molecule has 0 radical (unpaired) electrons. The van der Waals surface area contributed by atoms with E-state index in [1.165, 1.54) is 28.8 Å². The summed E-state index contributed by atoms with van der Waals surface area (Å²) in [6, 6.07) is 9.35. The Hall–Kier alpha value is -2.82. The summed E-state index contributed by atoms with van der Waals surface area (Å²) in [6.07, 6.45) is 2.97. The molecule has 1 aromatic carbocycles. The number of phenolic OH excluding ortho intramolecular Hbond substituents is 1. The van der Waals surface area contributed by atoms with Crippen molar-refractivity contribution >= 4 is 5.65 Å². The lowest BCUT2D eigenvalue weighted by Crippen LogP contribution is -2.16. The monoisotopic (exact) mass is 254 g/mol. The summed E-state index contributed by atoms with van der Waals surface area (Å²) in [5.41, 5.74) is 1.01. The Morgan fingerprint density at radius 2 is 1.79 bits per heavy atom. The maximum Gasteiger partial charge on any atom is 0.265 e. The summed E-state index contributed by atoms with van der Waals surface area (Å²) in [7, 11) is 0. The average Bonchev–Trinajstić information content (AvgIpc) is 2.42. The Balaban J connectivity index is 2.29. The summed E-state index contributed by atoms with van der Waals surface area (Å²) >= 11 is 0. The molecule has 0 fully saturated rings. The van der Waals surface area contributed by atoms with Crippen molar-refractivity contribution < 1.29 is 10.2 Å². The minimum Gasteiger partial charge on any atom is -0.508 e. The van der Waals surface area contributed by atoms with E-state index in [9.17, 15) is 15.0 Å². The van der Waals surface area contributed by atoms with Gasteiger partial charge in [-0.15, -0.1) is 0 Å². The van der Waals surface area contributed by atoms with E-state index in [0.29, 0.717) is 11.1 Å². The first-order valence-electron chi connectivity index (χ1n) is 5.65. The molecule has 2 N–H and O–H groups in total. The predicted molar refractivity (Wildman–Crippen MR) is 70.2 cm³/mol. The molecule has 0 bridgehead atoms. The highest BCUT2D eigenvalue weighted by Gasteiger charge is 2.09. The molecule has 19 heavy (non-hydrogen) atoms. The van der Waals surface area contributed by atoms with E-state index in [2.05, 4.69) is 4.98 Å². The Bertz CT molecular complexity index is 807. The summed E-state index contributed by atoms with van der Waals surface area (Å²) < 4.78 is 1.29. The number of pyridine rings is 1. The molecular weight excluding hydrogens is 244 g/mol. The molecule has 0 saturated heterocycles. The van der Waals surface area contributed by atoms with Gasteiger partial charge in [0.15, 0.2) is 11.4 Å². The van der Waals surface area contributed by atoms with E-state index in [4.69, 9.17) is 0 Å². The van der Waals surface area contributed by atoms with Gasteiger partial charge in [-0.2, -0.15) is 0 Å². The molecule has 0 saturated carbocycles. The van der Waals surface area contributed by atoms with Crippen LogP contribution in [-0.4, -0.2) is 19.6 Å². The number of nitrogens with zero attached hydrogens (tertiary/aromatic N) is 2. The Kier molecular flexibility index (Phi) is 2.45. The van der Waals surface area contributed by atoms with Gasteiger partial charge in [-0.1, -0.05) is 12.1 Å². The van der Waals surface area contributed by atoms with Gasteiger partial charge in [-0.25, -0.2) is 4.98 Å². The fraction of sp³-hybridized carbons (Fsp3) is 0. The average molecular weight is 254 g/mol. The number of benzene rings is 1. The van der Waals surface area contributed by atoms with Gasteiger partial charge in [0.05, 0.1) is 5.56 Å². The van der Waals surface area contributed by atoms with Crippen LogP contribution in [0.5, 0.6) is 11.5 Å². The van der Waals surface area contributed by atoms with E-state index in [1.54, 1.807) is 24.4 Å². The normalized spacial score (nSPS) is 10.7. The predicted octanol–water partition coefficient (Wildman–Crippen LogP) is 1.77. The lowest BCUT2D eigenvalue weighted by atomic mass is 10.1. The lowest BCUT2D eigenvalue weighted by Gasteiger charge is -2.05. The van der Waals surface area contributed by atoms with Crippen LogP contribution in [0.15, 0.2) is 53.6 Å². The molecule has 0 atom stereocenters. The second-order valence-corrected chi connectivity index (χ2v) is 4.11. The molecule has 0 aliphatic carbocycles. The third kappa shape index (κ3) is 1.81. The van der Waals surface area contributed by atoms with Crippen LogP contribution in [0.1, 0.15) is 0 Å². The SMILES string of the molecule is O=c1c(-c2ccc(O)cc2)cnc2c(O)cccn12.